The summed E-state index contributed by atoms with van der Waals surface area (Å²) in [4.78, 5) is 5.42. The fourth-order valence-electron chi connectivity index (χ4n) is 2.06. The average molecular weight is 221 g/mol. The Morgan fingerprint density at radius 3 is 2.69 bits per heavy atom. The van der Waals surface area contributed by atoms with Gasteiger partial charge in [-0.25, -0.2) is 0 Å². The summed E-state index contributed by atoms with van der Waals surface area (Å²) in [5.74, 6) is 0. The van der Waals surface area contributed by atoms with Gasteiger partial charge >= 0.3 is 0 Å². The second-order valence-electron chi connectivity index (χ2n) is 4.35. The maximum atomic E-state index is 9.72. The zero-order valence-electron chi connectivity index (χ0n) is 9.43. The highest BCUT2D eigenvalue weighted by Crippen LogP contribution is 2.18. The monoisotopic (exact) mass is 221 g/mol. The zero-order chi connectivity index (χ0) is 11.2. The minimum absolute atomic E-state index is 0.0949. The Balaban J connectivity index is 1.71. The van der Waals surface area contributed by atoms with E-state index in [0.29, 0.717) is 6.61 Å². The number of hydrogen-bond acceptors (Lipinski definition) is 3. The van der Waals surface area contributed by atoms with Crippen LogP contribution in [0.5, 0.6) is 0 Å². The molecule has 2 N–H and O–H groups in total. The molecule has 1 aromatic rings. The van der Waals surface area contributed by atoms with Gasteiger partial charge in [0, 0.05) is 0 Å². The number of nitrogens with one attached hydrogen (secondary N) is 1. The van der Waals surface area contributed by atoms with Crippen LogP contribution in [0.25, 0.3) is 0 Å². The van der Waals surface area contributed by atoms with E-state index < -0.39 is 0 Å². The summed E-state index contributed by atoms with van der Waals surface area (Å²) in [6.07, 6.45) is 3.91. The Labute approximate surface area is 96.4 Å². The summed E-state index contributed by atoms with van der Waals surface area (Å²) in [5, 5.41) is 9.72. The molecule has 88 valence electrons. The second kappa shape index (κ2) is 5.99. The molecule has 2 atom stereocenters. The Morgan fingerprint density at radius 2 is 1.94 bits per heavy atom. The molecule has 0 spiro atoms. The minimum atomic E-state index is -0.260. The highest BCUT2D eigenvalue weighted by molar-refractivity contribution is 5.13. The largest absolute Gasteiger partial charge is 0.391 e. The molecule has 0 bridgehead atoms. The van der Waals surface area contributed by atoms with Gasteiger partial charge in [-0.1, -0.05) is 43.2 Å². The summed E-state index contributed by atoms with van der Waals surface area (Å²) in [7, 11) is 0. The Morgan fingerprint density at radius 1 is 1.19 bits per heavy atom. The highest BCUT2D eigenvalue weighted by atomic mass is 16.6. The van der Waals surface area contributed by atoms with Gasteiger partial charge in [0.1, 0.15) is 0 Å². The van der Waals surface area contributed by atoms with Crippen LogP contribution in [0.1, 0.15) is 31.2 Å². The first-order valence-electron chi connectivity index (χ1n) is 5.95. The number of benzene rings is 1. The summed E-state index contributed by atoms with van der Waals surface area (Å²) in [6.45, 7) is 0.546. The average Bonchev–Trinajstić information content (AvgIpc) is 2.33. The van der Waals surface area contributed by atoms with Gasteiger partial charge < -0.3 is 5.11 Å². The van der Waals surface area contributed by atoms with Gasteiger partial charge in [0.15, 0.2) is 0 Å². The summed E-state index contributed by atoms with van der Waals surface area (Å²) in [6, 6.07) is 10.1. The smallest absolute Gasteiger partial charge is 0.0933 e. The van der Waals surface area contributed by atoms with Crippen molar-refractivity contribution < 1.29 is 9.94 Å². The molecule has 0 amide bonds. The summed E-state index contributed by atoms with van der Waals surface area (Å²) in [5.41, 5.74) is 4.11. The van der Waals surface area contributed by atoms with Gasteiger partial charge in [-0.15, -0.1) is 0 Å². The van der Waals surface area contributed by atoms with Crippen LogP contribution in [0.2, 0.25) is 0 Å². The van der Waals surface area contributed by atoms with Crippen LogP contribution in [0.15, 0.2) is 30.3 Å². The first kappa shape index (κ1) is 11.6. The van der Waals surface area contributed by atoms with Crippen LogP contribution in [0.3, 0.4) is 0 Å². The molecular weight excluding hydrogens is 202 g/mol. The Hall–Kier alpha value is -0.900. The van der Waals surface area contributed by atoms with Crippen molar-refractivity contribution in [1.82, 2.24) is 5.48 Å². The van der Waals surface area contributed by atoms with Gasteiger partial charge in [-0.3, -0.25) is 4.84 Å². The van der Waals surface area contributed by atoms with Gasteiger partial charge in [-0.2, -0.15) is 5.48 Å². The van der Waals surface area contributed by atoms with E-state index in [0.717, 1.165) is 24.8 Å². The van der Waals surface area contributed by atoms with E-state index in [9.17, 15) is 5.11 Å². The van der Waals surface area contributed by atoms with Crippen LogP contribution in [-0.4, -0.2) is 17.3 Å². The minimum Gasteiger partial charge on any atom is -0.391 e. The third-order valence-electron chi connectivity index (χ3n) is 3.05. The van der Waals surface area contributed by atoms with E-state index >= 15 is 0 Å². The first-order chi connectivity index (χ1) is 7.86. The molecule has 0 saturated heterocycles. The summed E-state index contributed by atoms with van der Waals surface area (Å²) < 4.78 is 0. The zero-order valence-corrected chi connectivity index (χ0v) is 9.43. The summed E-state index contributed by atoms with van der Waals surface area (Å²) >= 11 is 0. The van der Waals surface area contributed by atoms with Gasteiger partial charge in [0.05, 0.1) is 18.8 Å². The van der Waals surface area contributed by atoms with Crippen molar-refractivity contribution in [3.8, 4) is 0 Å². The van der Waals surface area contributed by atoms with Crippen LogP contribution in [0.4, 0.5) is 0 Å². The molecule has 1 aliphatic rings. The van der Waals surface area contributed by atoms with Gasteiger partial charge in [-0.05, 0) is 18.4 Å². The van der Waals surface area contributed by atoms with Crippen molar-refractivity contribution in [3.63, 3.8) is 0 Å². The van der Waals surface area contributed by atoms with Crippen molar-refractivity contribution in [2.24, 2.45) is 0 Å². The fourth-order valence-corrected chi connectivity index (χ4v) is 2.06. The second-order valence-corrected chi connectivity index (χ2v) is 4.35. The molecule has 2 rings (SSSR count). The molecule has 1 aliphatic carbocycles. The molecule has 1 fully saturated rings. The SMILES string of the molecule is O[C@H]1CCCC[C@@H]1NOCc1ccccc1. The quantitative estimate of drug-likeness (QED) is 0.764. The molecule has 0 radical (unpaired) electrons. The Bertz CT molecular complexity index is 302. The van der Waals surface area contributed by atoms with Crippen LogP contribution in [-0.2, 0) is 11.4 Å². The molecule has 3 heteroatoms. The van der Waals surface area contributed by atoms with Crippen molar-refractivity contribution in [2.45, 2.75) is 44.4 Å². The lowest BCUT2D eigenvalue weighted by Crippen LogP contribution is -2.41. The van der Waals surface area contributed by atoms with Crippen molar-refractivity contribution in [1.29, 1.82) is 0 Å². The molecule has 0 unspecified atom stereocenters. The number of aliphatic hydroxyl groups is 1. The van der Waals surface area contributed by atoms with Gasteiger partial charge in [0.25, 0.3) is 0 Å². The number of rotatable bonds is 4. The predicted octanol–water partition coefficient (Wildman–Crippen LogP) is 2.01. The maximum absolute atomic E-state index is 9.72. The first-order valence-corrected chi connectivity index (χ1v) is 5.95. The molecule has 0 aliphatic heterocycles. The number of hydrogen-bond donors (Lipinski definition) is 2. The molecule has 1 saturated carbocycles. The fraction of sp³-hybridized carbons (Fsp3) is 0.538. The van der Waals surface area contributed by atoms with Gasteiger partial charge in [0.2, 0.25) is 0 Å². The van der Waals surface area contributed by atoms with Crippen LogP contribution in [0, 0.1) is 0 Å². The highest BCUT2D eigenvalue weighted by Gasteiger charge is 2.22. The Kier molecular flexibility index (Phi) is 4.34. The topological polar surface area (TPSA) is 41.5 Å². The van der Waals surface area contributed by atoms with E-state index in [-0.39, 0.29) is 12.1 Å². The van der Waals surface area contributed by atoms with Crippen molar-refractivity contribution in [2.75, 3.05) is 0 Å². The van der Waals surface area contributed by atoms with E-state index in [1.54, 1.807) is 0 Å². The molecule has 1 aromatic carbocycles. The van der Waals surface area contributed by atoms with Crippen molar-refractivity contribution >= 4 is 0 Å². The van der Waals surface area contributed by atoms with Crippen molar-refractivity contribution in [3.05, 3.63) is 35.9 Å². The molecule has 3 nitrogen and oxygen atoms in total. The molecule has 0 heterocycles. The molecule has 0 aromatic heterocycles. The third-order valence-corrected chi connectivity index (χ3v) is 3.05. The number of hydroxylamine groups is 1. The standard InChI is InChI=1S/C13H19NO2/c15-13-9-5-4-8-12(13)14-16-10-11-6-2-1-3-7-11/h1-3,6-7,12-15H,4-5,8-10H2/t12-,13-/m0/s1. The molecular formula is C13H19NO2. The number of aliphatic hydroxyl groups excluding tert-OH is 1. The maximum Gasteiger partial charge on any atom is 0.0933 e. The normalized spacial score (nSPS) is 25.6. The van der Waals surface area contributed by atoms with E-state index in [4.69, 9.17) is 4.84 Å². The van der Waals surface area contributed by atoms with Crippen LogP contribution < -0.4 is 5.48 Å². The lowest BCUT2D eigenvalue weighted by atomic mass is 9.93. The van der Waals surface area contributed by atoms with E-state index in [2.05, 4.69) is 5.48 Å². The van der Waals surface area contributed by atoms with E-state index in [1.807, 2.05) is 30.3 Å². The van der Waals surface area contributed by atoms with E-state index in [1.165, 1.54) is 6.42 Å². The third kappa shape index (κ3) is 3.30. The lowest BCUT2D eigenvalue weighted by Gasteiger charge is -2.27. The van der Waals surface area contributed by atoms with Crippen LogP contribution >= 0.6 is 0 Å². The predicted molar refractivity (Wildman–Crippen MR) is 62.6 cm³/mol. The lowest BCUT2D eigenvalue weighted by molar-refractivity contribution is -0.0444. The molecule has 16 heavy (non-hydrogen) atoms.